The van der Waals surface area contributed by atoms with Crippen LogP contribution in [0.15, 0.2) is 30.3 Å². The largest absolute Gasteiger partial charge is 0.388 e. The molecule has 3 aliphatic rings. The number of rotatable bonds is 4. The van der Waals surface area contributed by atoms with Crippen LogP contribution in [0.5, 0.6) is 0 Å². The number of nitrogens with one attached hydrogen (secondary N) is 1. The van der Waals surface area contributed by atoms with E-state index in [1.54, 1.807) is 0 Å². The van der Waals surface area contributed by atoms with Crippen LogP contribution in [0.4, 0.5) is 0 Å². The lowest BCUT2D eigenvalue weighted by Crippen LogP contribution is -2.64. The van der Waals surface area contributed by atoms with Gasteiger partial charge >= 0.3 is 0 Å². The van der Waals surface area contributed by atoms with Crippen molar-refractivity contribution in [2.24, 2.45) is 11.8 Å². The van der Waals surface area contributed by atoms with E-state index >= 15 is 0 Å². The summed E-state index contributed by atoms with van der Waals surface area (Å²) in [5.74, 6) is 0.325. The van der Waals surface area contributed by atoms with Crippen LogP contribution in [0.3, 0.4) is 0 Å². The molecule has 1 aliphatic heterocycles. The smallest absolute Gasteiger partial charge is 0.226 e. The van der Waals surface area contributed by atoms with Crippen molar-refractivity contribution in [2.45, 2.75) is 88.8 Å². The molecule has 2 amide bonds. The average molecular weight is 413 g/mol. The first-order valence-corrected chi connectivity index (χ1v) is 11.9. The molecule has 5 heteroatoms. The summed E-state index contributed by atoms with van der Waals surface area (Å²) < 4.78 is 0. The lowest BCUT2D eigenvalue weighted by Gasteiger charge is -2.50. The van der Waals surface area contributed by atoms with E-state index in [0.717, 1.165) is 56.9 Å². The monoisotopic (exact) mass is 412 g/mol. The van der Waals surface area contributed by atoms with Gasteiger partial charge in [0.15, 0.2) is 0 Å². The summed E-state index contributed by atoms with van der Waals surface area (Å²) in [6, 6.07) is 9.09. The normalized spacial score (nSPS) is 30.9. The van der Waals surface area contributed by atoms with E-state index in [0.29, 0.717) is 13.0 Å². The molecule has 0 aromatic heterocycles. The third kappa shape index (κ3) is 4.41. The molecule has 1 aromatic rings. The quantitative estimate of drug-likeness (QED) is 0.786. The molecule has 0 spiro atoms. The van der Waals surface area contributed by atoms with Gasteiger partial charge < -0.3 is 15.3 Å². The molecule has 1 heterocycles. The molecular formula is C25H36N2O3. The molecule has 30 heavy (non-hydrogen) atoms. The van der Waals surface area contributed by atoms with Gasteiger partial charge in [0.25, 0.3) is 0 Å². The summed E-state index contributed by atoms with van der Waals surface area (Å²) in [6.07, 6.45) is 9.83. The predicted octanol–water partition coefficient (Wildman–Crippen LogP) is 3.97. The molecule has 2 N–H and O–H groups in total. The second-order valence-electron chi connectivity index (χ2n) is 9.80. The number of piperidine rings is 1. The predicted molar refractivity (Wildman–Crippen MR) is 117 cm³/mol. The topological polar surface area (TPSA) is 69.6 Å². The molecule has 4 rings (SSSR count). The van der Waals surface area contributed by atoms with Gasteiger partial charge in [0.05, 0.1) is 17.7 Å². The lowest BCUT2D eigenvalue weighted by molar-refractivity contribution is -0.151. The molecule has 2 aliphatic carbocycles. The molecule has 3 atom stereocenters. The van der Waals surface area contributed by atoms with E-state index in [1.165, 1.54) is 6.42 Å². The van der Waals surface area contributed by atoms with Crippen LogP contribution in [0.25, 0.3) is 0 Å². The summed E-state index contributed by atoms with van der Waals surface area (Å²) in [6.45, 7) is 2.34. The van der Waals surface area contributed by atoms with Crippen LogP contribution < -0.4 is 5.32 Å². The second-order valence-corrected chi connectivity index (χ2v) is 9.80. The van der Waals surface area contributed by atoms with E-state index in [9.17, 15) is 14.7 Å². The van der Waals surface area contributed by atoms with Crippen molar-refractivity contribution < 1.29 is 14.7 Å². The maximum atomic E-state index is 13.6. The minimum Gasteiger partial charge on any atom is -0.388 e. The summed E-state index contributed by atoms with van der Waals surface area (Å²) in [4.78, 5) is 28.6. The number of carbonyl (C=O) groups excluding carboxylic acids is 2. The van der Waals surface area contributed by atoms with Gasteiger partial charge in [-0.05, 0) is 44.6 Å². The lowest BCUT2D eigenvalue weighted by atomic mass is 9.78. The van der Waals surface area contributed by atoms with Gasteiger partial charge in [0.2, 0.25) is 11.8 Å². The SMILES string of the molecule is C[C@@]1(O)CCN(C(=O)C2CCCCC2)[C@@H](c2ccccc2)[C@@H]1NC(=O)C1CCCC1. The van der Waals surface area contributed by atoms with Crippen molar-refractivity contribution in [3.63, 3.8) is 0 Å². The first-order valence-electron chi connectivity index (χ1n) is 11.9. The average Bonchev–Trinajstić information content (AvgIpc) is 3.31. The molecular weight excluding hydrogens is 376 g/mol. The van der Waals surface area contributed by atoms with Crippen LogP contribution >= 0.6 is 0 Å². The van der Waals surface area contributed by atoms with Crippen LogP contribution in [0, 0.1) is 11.8 Å². The summed E-state index contributed by atoms with van der Waals surface area (Å²) in [5.41, 5.74) is -0.0728. The Bertz CT molecular complexity index is 736. The highest BCUT2D eigenvalue weighted by atomic mass is 16.3. The van der Waals surface area contributed by atoms with E-state index in [4.69, 9.17) is 0 Å². The Kier molecular flexibility index (Phi) is 6.47. The van der Waals surface area contributed by atoms with Crippen LogP contribution in [0.1, 0.15) is 82.7 Å². The van der Waals surface area contributed by atoms with Gasteiger partial charge in [-0.1, -0.05) is 62.4 Å². The first-order chi connectivity index (χ1) is 14.5. The van der Waals surface area contributed by atoms with Gasteiger partial charge in [-0.15, -0.1) is 0 Å². The number of hydrogen-bond acceptors (Lipinski definition) is 3. The van der Waals surface area contributed by atoms with E-state index in [-0.39, 0.29) is 29.7 Å². The summed E-state index contributed by atoms with van der Waals surface area (Å²) in [7, 11) is 0. The Labute approximate surface area is 180 Å². The standard InChI is InChI=1S/C25H36N2O3/c1-25(30)16-17-27(24(29)20-14-6-3-7-15-20)21(18-10-4-2-5-11-18)22(25)26-23(28)19-12-8-9-13-19/h2,4-5,10-11,19-22,30H,3,6-9,12-17H2,1H3,(H,26,28)/t21-,22-,25+/m0/s1. The molecule has 0 radical (unpaired) electrons. The fraction of sp³-hybridized carbons (Fsp3) is 0.680. The summed E-state index contributed by atoms with van der Waals surface area (Å²) in [5, 5.41) is 14.5. The minimum absolute atomic E-state index is 0.0293. The molecule has 5 nitrogen and oxygen atoms in total. The minimum atomic E-state index is -1.06. The zero-order valence-electron chi connectivity index (χ0n) is 18.2. The maximum Gasteiger partial charge on any atom is 0.226 e. The Morgan fingerprint density at radius 2 is 1.57 bits per heavy atom. The van der Waals surface area contributed by atoms with Crippen LogP contribution in [-0.2, 0) is 9.59 Å². The number of nitrogens with zero attached hydrogens (tertiary/aromatic N) is 1. The number of carbonyl (C=O) groups is 2. The van der Waals surface area contributed by atoms with Gasteiger partial charge in [-0.25, -0.2) is 0 Å². The van der Waals surface area contributed by atoms with Gasteiger partial charge in [-0.3, -0.25) is 9.59 Å². The Morgan fingerprint density at radius 3 is 2.23 bits per heavy atom. The number of amides is 2. The fourth-order valence-electron chi connectivity index (χ4n) is 5.71. The highest BCUT2D eigenvalue weighted by Crippen LogP contribution is 2.40. The van der Waals surface area contributed by atoms with Crippen LogP contribution in [-0.4, -0.2) is 40.0 Å². The molecule has 1 saturated heterocycles. The zero-order valence-corrected chi connectivity index (χ0v) is 18.2. The first kappa shape index (κ1) is 21.4. The van der Waals surface area contributed by atoms with Crippen LogP contribution in [0.2, 0.25) is 0 Å². The molecule has 1 aromatic carbocycles. The van der Waals surface area contributed by atoms with Crippen molar-refractivity contribution in [3.8, 4) is 0 Å². The summed E-state index contributed by atoms with van der Waals surface area (Å²) >= 11 is 0. The molecule has 3 fully saturated rings. The van der Waals surface area contributed by atoms with E-state index < -0.39 is 11.6 Å². The third-order valence-electron chi connectivity index (χ3n) is 7.58. The number of benzene rings is 1. The van der Waals surface area contributed by atoms with Crippen molar-refractivity contribution in [3.05, 3.63) is 35.9 Å². The highest BCUT2D eigenvalue weighted by Gasteiger charge is 2.49. The number of likely N-dealkylation sites (tertiary alicyclic amines) is 1. The second kappa shape index (κ2) is 9.09. The van der Waals surface area contributed by atoms with Crippen molar-refractivity contribution in [1.82, 2.24) is 10.2 Å². The molecule has 164 valence electrons. The van der Waals surface area contributed by atoms with Gasteiger partial charge in [-0.2, -0.15) is 0 Å². The Morgan fingerprint density at radius 1 is 0.967 bits per heavy atom. The Balaban J connectivity index is 1.64. The number of aliphatic hydroxyl groups is 1. The third-order valence-corrected chi connectivity index (χ3v) is 7.58. The van der Waals surface area contributed by atoms with Gasteiger partial charge in [0, 0.05) is 18.4 Å². The molecule has 0 bridgehead atoms. The zero-order chi connectivity index (χ0) is 21.1. The highest BCUT2D eigenvalue weighted by molar-refractivity contribution is 5.81. The molecule has 0 unspecified atom stereocenters. The van der Waals surface area contributed by atoms with E-state index in [2.05, 4.69) is 5.32 Å². The van der Waals surface area contributed by atoms with Crippen molar-refractivity contribution >= 4 is 11.8 Å². The Hall–Kier alpha value is -1.88. The van der Waals surface area contributed by atoms with Crippen molar-refractivity contribution in [2.75, 3.05) is 6.54 Å². The van der Waals surface area contributed by atoms with Crippen molar-refractivity contribution in [1.29, 1.82) is 0 Å². The van der Waals surface area contributed by atoms with E-state index in [1.807, 2.05) is 42.2 Å². The maximum absolute atomic E-state index is 13.6. The number of hydrogen-bond donors (Lipinski definition) is 2. The molecule has 2 saturated carbocycles. The van der Waals surface area contributed by atoms with Gasteiger partial charge in [0.1, 0.15) is 0 Å². The fourth-order valence-corrected chi connectivity index (χ4v) is 5.71.